The van der Waals surface area contributed by atoms with Crippen LogP contribution in [0, 0.1) is 22.9 Å². The minimum absolute atomic E-state index is 0.0216. The van der Waals surface area contributed by atoms with Crippen LogP contribution in [-0.2, 0) is 4.74 Å². The summed E-state index contributed by atoms with van der Waals surface area (Å²) in [5.41, 5.74) is 0.692. The molecule has 2 aromatic carbocycles. The molecule has 0 aliphatic carbocycles. The summed E-state index contributed by atoms with van der Waals surface area (Å²) in [5.74, 6) is -0.713. The largest absolute Gasteiger partial charge is 0.444 e. The molecule has 3 aromatic rings. The van der Waals surface area contributed by atoms with Gasteiger partial charge in [-0.15, -0.1) is 0 Å². The number of hydrogen-bond acceptors (Lipinski definition) is 6. The Morgan fingerprint density at radius 1 is 1.06 bits per heavy atom. The Morgan fingerprint density at radius 2 is 1.72 bits per heavy atom. The molecule has 0 radical (unpaired) electrons. The first-order chi connectivity index (χ1) is 15.0. The van der Waals surface area contributed by atoms with Crippen LogP contribution in [0.3, 0.4) is 0 Å². The summed E-state index contributed by atoms with van der Waals surface area (Å²) in [7, 11) is 0. The second kappa shape index (κ2) is 9.01. The van der Waals surface area contributed by atoms with E-state index in [2.05, 4.69) is 15.6 Å². The number of carbonyl (C=O) groups excluding carboxylic acids is 1. The molecule has 0 saturated heterocycles. The van der Waals surface area contributed by atoms with Crippen molar-refractivity contribution in [2.45, 2.75) is 33.3 Å². The third-order valence-corrected chi connectivity index (χ3v) is 4.42. The quantitative estimate of drug-likeness (QED) is 0.363. The number of aromatic nitrogens is 1. The highest BCUT2D eigenvalue weighted by molar-refractivity contribution is 5.86. The van der Waals surface area contributed by atoms with Gasteiger partial charge < -0.3 is 10.1 Å². The number of carbonyl (C=O) groups is 1. The Bertz CT molecular complexity index is 1160. The molecular formula is C23H23FN4O4. The van der Waals surface area contributed by atoms with Gasteiger partial charge in [-0.3, -0.25) is 15.4 Å². The molecule has 1 amide bonds. The summed E-state index contributed by atoms with van der Waals surface area (Å²) in [4.78, 5) is 27.3. The van der Waals surface area contributed by atoms with Gasteiger partial charge in [0.25, 0.3) is 0 Å². The van der Waals surface area contributed by atoms with Crippen LogP contribution in [0.1, 0.15) is 26.3 Å². The third-order valence-electron chi connectivity index (χ3n) is 4.42. The number of nitrogens with zero attached hydrogens (tertiary/aromatic N) is 2. The number of pyridine rings is 1. The maximum atomic E-state index is 14.9. The molecule has 0 atom stereocenters. The van der Waals surface area contributed by atoms with Crippen molar-refractivity contribution in [1.82, 2.24) is 4.98 Å². The molecule has 3 rings (SSSR count). The van der Waals surface area contributed by atoms with E-state index in [-0.39, 0.29) is 28.4 Å². The molecule has 8 nitrogen and oxygen atoms in total. The van der Waals surface area contributed by atoms with Crippen LogP contribution in [0.4, 0.5) is 32.1 Å². The van der Waals surface area contributed by atoms with Crippen LogP contribution in [0.5, 0.6) is 0 Å². The SMILES string of the molecule is Cc1c(Nc2nc(-c3ccccc3)ccc2[N+](=O)[O-])ccc(NC(=O)OC(C)(C)C)c1F. The lowest BCUT2D eigenvalue weighted by atomic mass is 10.1. The van der Waals surface area contributed by atoms with Crippen LogP contribution in [-0.4, -0.2) is 21.6 Å². The molecule has 1 heterocycles. The van der Waals surface area contributed by atoms with Crippen LogP contribution in [0.25, 0.3) is 11.3 Å². The van der Waals surface area contributed by atoms with Gasteiger partial charge in [-0.1, -0.05) is 30.3 Å². The molecule has 0 spiro atoms. The van der Waals surface area contributed by atoms with Crippen LogP contribution >= 0.6 is 0 Å². The number of anilines is 3. The zero-order chi connectivity index (χ0) is 23.5. The van der Waals surface area contributed by atoms with Gasteiger partial charge in [0.1, 0.15) is 5.60 Å². The Kier molecular flexibility index (Phi) is 6.38. The highest BCUT2D eigenvalue weighted by Crippen LogP contribution is 2.32. The standard InChI is InChI=1S/C23H23FN4O4/c1-14-16(10-11-18(20(14)24)27-22(29)32-23(2,3)4)25-21-19(28(30)31)13-12-17(26-21)15-8-6-5-7-9-15/h5-13H,1-4H3,(H,25,26)(H,27,29). The van der Waals surface area contributed by atoms with E-state index in [9.17, 15) is 19.3 Å². The van der Waals surface area contributed by atoms with Gasteiger partial charge >= 0.3 is 11.8 Å². The van der Waals surface area contributed by atoms with E-state index >= 15 is 0 Å². The lowest BCUT2D eigenvalue weighted by molar-refractivity contribution is -0.384. The second-order valence-electron chi connectivity index (χ2n) is 8.04. The number of rotatable bonds is 5. The molecule has 166 valence electrons. The summed E-state index contributed by atoms with van der Waals surface area (Å²) in [6.45, 7) is 6.59. The van der Waals surface area contributed by atoms with E-state index in [1.54, 1.807) is 26.8 Å². The molecule has 0 saturated carbocycles. The fourth-order valence-corrected chi connectivity index (χ4v) is 2.92. The van der Waals surface area contributed by atoms with E-state index < -0.39 is 22.4 Å². The molecule has 0 aliphatic rings. The van der Waals surface area contributed by atoms with Crippen molar-refractivity contribution in [1.29, 1.82) is 0 Å². The fourth-order valence-electron chi connectivity index (χ4n) is 2.92. The Balaban J connectivity index is 1.92. The topological polar surface area (TPSA) is 106 Å². The minimum atomic E-state index is -0.788. The van der Waals surface area contributed by atoms with Gasteiger partial charge in [-0.05, 0) is 45.9 Å². The molecule has 1 aromatic heterocycles. The summed E-state index contributed by atoms with van der Waals surface area (Å²) in [5, 5.41) is 16.7. The van der Waals surface area contributed by atoms with E-state index in [1.165, 1.54) is 25.1 Å². The fraction of sp³-hybridized carbons (Fsp3) is 0.217. The van der Waals surface area contributed by atoms with Crippen molar-refractivity contribution in [3.05, 3.63) is 76.1 Å². The monoisotopic (exact) mass is 438 g/mol. The van der Waals surface area contributed by atoms with E-state index in [1.807, 2.05) is 30.3 Å². The highest BCUT2D eigenvalue weighted by atomic mass is 19.1. The van der Waals surface area contributed by atoms with Crippen molar-refractivity contribution in [3.8, 4) is 11.3 Å². The molecule has 9 heteroatoms. The summed E-state index contributed by atoms with van der Waals surface area (Å²) in [6.07, 6.45) is -0.788. The number of amides is 1. The van der Waals surface area contributed by atoms with Crippen molar-refractivity contribution in [3.63, 3.8) is 0 Å². The van der Waals surface area contributed by atoms with Crippen molar-refractivity contribution in [2.75, 3.05) is 10.6 Å². The number of benzene rings is 2. The van der Waals surface area contributed by atoms with Crippen molar-refractivity contribution >= 4 is 29.0 Å². The Hall–Kier alpha value is -4.01. The predicted molar refractivity (Wildman–Crippen MR) is 121 cm³/mol. The molecule has 0 fully saturated rings. The summed E-state index contributed by atoms with van der Waals surface area (Å²) in [6, 6.07) is 14.9. The van der Waals surface area contributed by atoms with E-state index in [0.29, 0.717) is 5.69 Å². The zero-order valence-corrected chi connectivity index (χ0v) is 18.1. The number of nitrogens with one attached hydrogen (secondary N) is 2. The van der Waals surface area contributed by atoms with Gasteiger partial charge in [-0.2, -0.15) is 0 Å². The van der Waals surface area contributed by atoms with Crippen LogP contribution < -0.4 is 10.6 Å². The molecule has 0 aliphatic heterocycles. The first-order valence-corrected chi connectivity index (χ1v) is 9.82. The average Bonchev–Trinajstić information content (AvgIpc) is 2.72. The van der Waals surface area contributed by atoms with Gasteiger partial charge in [0.2, 0.25) is 5.82 Å². The molecule has 0 bridgehead atoms. The maximum absolute atomic E-state index is 14.9. The minimum Gasteiger partial charge on any atom is -0.444 e. The molecule has 32 heavy (non-hydrogen) atoms. The zero-order valence-electron chi connectivity index (χ0n) is 18.1. The lowest BCUT2D eigenvalue weighted by Gasteiger charge is -2.20. The molecule has 2 N–H and O–H groups in total. The van der Waals surface area contributed by atoms with Gasteiger partial charge in [-0.25, -0.2) is 14.2 Å². The normalized spacial score (nSPS) is 11.0. The van der Waals surface area contributed by atoms with E-state index in [0.717, 1.165) is 5.56 Å². The first-order valence-electron chi connectivity index (χ1n) is 9.82. The smallest absolute Gasteiger partial charge is 0.412 e. The third kappa shape index (κ3) is 5.37. The van der Waals surface area contributed by atoms with Crippen LogP contribution in [0.15, 0.2) is 54.6 Å². The van der Waals surface area contributed by atoms with Crippen molar-refractivity contribution < 1.29 is 18.8 Å². The number of halogens is 1. The molecule has 0 unspecified atom stereocenters. The number of hydrogen-bond donors (Lipinski definition) is 2. The highest BCUT2D eigenvalue weighted by Gasteiger charge is 2.21. The average molecular weight is 438 g/mol. The van der Waals surface area contributed by atoms with Crippen LogP contribution in [0.2, 0.25) is 0 Å². The molecular weight excluding hydrogens is 415 g/mol. The van der Waals surface area contributed by atoms with Crippen molar-refractivity contribution in [2.24, 2.45) is 0 Å². The van der Waals surface area contributed by atoms with Gasteiger partial charge in [0.05, 0.1) is 16.3 Å². The van der Waals surface area contributed by atoms with Gasteiger partial charge in [0.15, 0.2) is 5.82 Å². The number of ether oxygens (including phenoxy) is 1. The number of nitro groups is 1. The Morgan fingerprint density at radius 3 is 2.34 bits per heavy atom. The van der Waals surface area contributed by atoms with E-state index in [4.69, 9.17) is 4.74 Å². The van der Waals surface area contributed by atoms with Gasteiger partial charge in [0, 0.05) is 22.9 Å². The predicted octanol–water partition coefficient (Wildman–Crippen LogP) is 6.19. The first kappa shape index (κ1) is 22.7. The second-order valence-corrected chi connectivity index (χ2v) is 8.04. The maximum Gasteiger partial charge on any atom is 0.412 e. The Labute approximate surface area is 184 Å². The summed E-state index contributed by atoms with van der Waals surface area (Å²) >= 11 is 0. The lowest BCUT2D eigenvalue weighted by Crippen LogP contribution is -2.27. The summed E-state index contributed by atoms with van der Waals surface area (Å²) < 4.78 is 20.0.